The maximum atomic E-state index is 12.3. The number of nitrogens with one attached hydrogen (secondary N) is 1. The zero-order valence-corrected chi connectivity index (χ0v) is 14.9. The summed E-state index contributed by atoms with van der Waals surface area (Å²) >= 11 is 0. The van der Waals surface area contributed by atoms with Gasteiger partial charge in [0.2, 0.25) is 0 Å². The van der Waals surface area contributed by atoms with Crippen molar-refractivity contribution in [3.8, 4) is 5.75 Å². The maximum absolute atomic E-state index is 12.3. The third kappa shape index (κ3) is 6.13. The number of hydrogen-bond acceptors (Lipinski definition) is 4. The largest absolute Gasteiger partial charge is 0.481 e. The molecule has 0 spiro atoms. The summed E-state index contributed by atoms with van der Waals surface area (Å²) in [4.78, 5) is 14.7. The Morgan fingerprint density at radius 2 is 1.96 bits per heavy atom. The van der Waals surface area contributed by atoms with Gasteiger partial charge in [-0.1, -0.05) is 26.0 Å². The van der Waals surface area contributed by atoms with E-state index < -0.39 is 6.10 Å². The lowest BCUT2D eigenvalue weighted by molar-refractivity contribution is -0.128. The third-order valence-electron chi connectivity index (χ3n) is 4.33. The molecular formula is C19H30N2O3. The predicted octanol–water partition coefficient (Wildman–Crippen LogP) is 2.24. The number of amides is 1. The molecule has 1 aromatic carbocycles. The minimum absolute atomic E-state index is 0.0287. The zero-order chi connectivity index (χ0) is 17.2. The monoisotopic (exact) mass is 334 g/mol. The quantitative estimate of drug-likeness (QED) is 0.704. The van der Waals surface area contributed by atoms with E-state index >= 15 is 0 Å². The molecule has 1 aromatic rings. The van der Waals surface area contributed by atoms with Crippen molar-refractivity contribution >= 4 is 5.91 Å². The van der Waals surface area contributed by atoms with Gasteiger partial charge in [-0.05, 0) is 43.5 Å². The minimum atomic E-state index is -0.430. The summed E-state index contributed by atoms with van der Waals surface area (Å²) in [5, 5.41) is 2.99. The molecule has 1 amide bonds. The molecule has 1 aliphatic rings. The average Bonchev–Trinajstić information content (AvgIpc) is 2.64. The molecule has 134 valence electrons. The Hall–Kier alpha value is -1.59. The summed E-state index contributed by atoms with van der Waals surface area (Å²) in [7, 11) is 0. The highest BCUT2D eigenvalue weighted by Crippen LogP contribution is 2.15. The van der Waals surface area contributed by atoms with E-state index in [2.05, 4.69) is 17.1 Å². The summed E-state index contributed by atoms with van der Waals surface area (Å²) < 4.78 is 11.2. The Labute approximate surface area is 145 Å². The van der Waals surface area contributed by atoms with E-state index in [1.807, 2.05) is 31.2 Å². The molecule has 0 unspecified atom stereocenters. The van der Waals surface area contributed by atoms with E-state index in [1.165, 1.54) is 5.56 Å². The number of rotatable bonds is 9. The molecule has 5 heteroatoms. The highest BCUT2D eigenvalue weighted by molar-refractivity contribution is 5.81. The van der Waals surface area contributed by atoms with Gasteiger partial charge in [0.05, 0.1) is 13.2 Å². The van der Waals surface area contributed by atoms with Crippen molar-refractivity contribution < 1.29 is 14.3 Å². The maximum Gasteiger partial charge on any atom is 0.261 e. The van der Waals surface area contributed by atoms with Crippen LogP contribution in [0.4, 0.5) is 0 Å². The van der Waals surface area contributed by atoms with Crippen LogP contribution in [0.5, 0.6) is 5.75 Å². The first kappa shape index (κ1) is 18.7. The SMILES string of the molecule is CCc1ccc(O[C@H](CC)C(=O)NCCCN2CCOCC2)cc1. The number of morpholine rings is 1. The Morgan fingerprint density at radius 3 is 2.58 bits per heavy atom. The normalized spacial score (nSPS) is 16.6. The van der Waals surface area contributed by atoms with Gasteiger partial charge in [-0.15, -0.1) is 0 Å². The number of aryl methyl sites for hydroxylation is 1. The highest BCUT2D eigenvalue weighted by atomic mass is 16.5. The molecule has 24 heavy (non-hydrogen) atoms. The summed E-state index contributed by atoms with van der Waals surface area (Å²) in [6, 6.07) is 7.96. The first-order valence-corrected chi connectivity index (χ1v) is 9.06. The molecule has 1 heterocycles. The van der Waals surface area contributed by atoms with Crippen LogP contribution in [0.2, 0.25) is 0 Å². The fourth-order valence-electron chi connectivity index (χ4n) is 2.74. The van der Waals surface area contributed by atoms with E-state index in [1.54, 1.807) is 0 Å². The number of nitrogens with zero attached hydrogens (tertiary/aromatic N) is 1. The van der Waals surface area contributed by atoms with Crippen LogP contribution in [0, 0.1) is 0 Å². The molecule has 0 aromatic heterocycles. The zero-order valence-electron chi connectivity index (χ0n) is 14.9. The molecule has 5 nitrogen and oxygen atoms in total. The molecule has 1 saturated heterocycles. The summed E-state index contributed by atoms with van der Waals surface area (Å²) in [6.07, 6.45) is 2.18. The second-order valence-corrected chi connectivity index (χ2v) is 6.11. The predicted molar refractivity (Wildman–Crippen MR) is 95.4 cm³/mol. The van der Waals surface area contributed by atoms with E-state index in [0.717, 1.165) is 51.4 Å². The number of hydrogen-bond donors (Lipinski definition) is 1. The smallest absolute Gasteiger partial charge is 0.261 e. The van der Waals surface area contributed by atoms with Crippen LogP contribution >= 0.6 is 0 Å². The third-order valence-corrected chi connectivity index (χ3v) is 4.33. The molecule has 1 N–H and O–H groups in total. The van der Waals surface area contributed by atoms with E-state index in [0.29, 0.717) is 13.0 Å². The first-order chi connectivity index (χ1) is 11.7. The van der Waals surface area contributed by atoms with Crippen LogP contribution < -0.4 is 10.1 Å². The van der Waals surface area contributed by atoms with E-state index in [-0.39, 0.29) is 5.91 Å². The van der Waals surface area contributed by atoms with Crippen molar-refractivity contribution in [1.29, 1.82) is 0 Å². The Bertz CT molecular complexity index is 484. The van der Waals surface area contributed by atoms with Gasteiger partial charge in [0.15, 0.2) is 6.10 Å². The molecule has 1 aliphatic heterocycles. The van der Waals surface area contributed by atoms with Gasteiger partial charge < -0.3 is 14.8 Å². The summed E-state index contributed by atoms with van der Waals surface area (Å²) in [5.74, 6) is 0.724. The first-order valence-electron chi connectivity index (χ1n) is 9.06. The standard InChI is InChI=1S/C19H30N2O3/c1-3-16-6-8-17(9-7-16)24-18(4-2)19(22)20-10-5-11-21-12-14-23-15-13-21/h6-9,18H,3-5,10-15H2,1-2H3,(H,20,22)/t18-/m1/s1. The van der Waals surface area contributed by atoms with Crippen molar-refractivity contribution in [3.05, 3.63) is 29.8 Å². The second-order valence-electron chi connectivity index (χ2n) is 6.11. The van der Waals surface area contributed by atoms with Crippen molar-refractivity contribution in [3.63, 3.8) is 0 Å². The Morgan fingerprint density at radius 1 is 1.25 bits per heavy atom. The van der Waals surface area contributed by atoms with Crippen LogP contribution in [-0.2, 0) is 16.0 Å². The van der Waals surface area contributed by atoms with Crippen molar-refractivity contribution in [2.24, 2.45) is 0 Å². The van der Waals surface area contributed by atoms with Crippen LogP contribution in [0.15, 0.2) is 24.3 Å². The van der Waals surface area contributed by atoms with Gasteiger partial charge in [-0.2, -0.15) is 0 Å². The average molecular weight is 334 g/mol. The summed E-state index contributed by atoms with van der Waals surface area (Å²) in [5.41, 5.74) is 1.27. The Balaban J connectivity index is 1.69. The van der Waals surface area contributed by atoms with Crippen molar-refractivity contribution in [2.75, 3.05) is 39.4 Å². The fourth-order valence-corrected chi connectivity index (χ4v) is 2.74. The number of benzene rings is 1. The van der Waals surface area contributed by atoms with Crippen molar-refractivity contribution in [1.82, 2.24) is 10.2 Å². The number of carbonyl (C=O) groups excluding carboxylic acids is 1. The second kappa shape index (κ2) is 10.3. The molecule has 0 radical (unpaired) electrons. The lowest BCUT2D eigenvalue weighted by atomic mass is 10.1. The molecule has 1 fully saturated rings. The summed E-state index contributed by atoms with van der Waals surface area (Å²) in [6.45, 7) is 9.38. The van der Waals surface area contributed by atoms with Crippen LogP contribution in [0.25, 0.3) is 0 Å². The number of ether oxygens (including phenoxy) is 2. The lowest BCUT2D eigenvalue weighted by Crippen LogP contribution is -2.41. The molecule has 2 rings (SSSR count). The van der Waals surface area contributed by atoms with Crippen LogP contribution in [0.3, 0.4) is 0 Å². The van der Waals surface area contributed by atoms with Gasteiger partial charge in [0.1, 0.15) is 5.75 Å². The molecule has 0 bridgehead atoms. The highest BCUT2D eigenvalue weighted by Gasteiger charge is 2.18. The molecular weight excluding hydrogens is 304 g/mol. The van der Waals surface area contributed by atoms with Gasteiger partial charge >= 0.3 is 0 Å². The van der Waals surface area contributed by atoms with Gasteiger partial charge in [0.25, 0.3) is 5.91 Å². The molecule has 0 aliphatic carbocycles. The minimum Gasteiger partial charge on any atom is -0.481 e. The van der Waals surface area contributed by atoms with Crippen LogP contribution in [-0.4, -0.2) is 56.3 Å². The van der Waals surface area contributed by atoms with Crippen molar-refractivity contribution in [2.45, 2.75) is 39.2 Å². The van der Waals surface area contributed by atoms with Gasteiger partial charge in [-0.3, -0.25) is 9.69 Å². The van der Waals surface area contributed by atoms with Crippen LogP contribution in [0.1, 0.15) is 32.3 Å². The molecule has 1 atom stereocenters. The molecule has 0 saturated carbocycles. The fraction of sp³-hybridized carbons (Fsp3) is 0.632. The van der Waals surface area contributed by atoms with E-state index in [9.17, 15) is 4.79 Å². The lowest BCUT2D eigenvalue weighted by Gasteiger charge is -2.26. The van der Waals surface area contributed by atoms with E-state index in [4.69, 9.17) is 9.47 Å². The van der Waals surface area contributed by atoms with Gasteiger partial charge in [0, 0.05) is 19.6 Å². The number of carbonyl (C=O) groups is 1. The topological polar surface area (TPSA) is 50.8 Å². The van der Waals surface area contributed by atoms with Gasteiger partial charge in [-0.25, -0.2) is 0 Å². The Kier molecular flexibility index (Phi) is 8.05.